The van der Waals surface area contributed by atoms with E-state index < -0.39 is 19.9 Å². The van der Waals surface area contributed by atoms with E-state index in [0.717, 1.165) is 16.7 Å². The average molecular weight is 420 g/mol. The summed E-state index contributed by atoms with van der Waals surface area (Å²) < 4.78 is 23.2. The summed E-state index contributed by atoms with van der Waals surface area (Å²) in [5.74, 6) is -0.666. The maximum Gasteiger partial charge on any atom is 0.533 e. The second-order valence-corrected chi connectivity index (χ2v) is 8.79. The van der Waals surface area contributed by atoms with Gasteiger partial charge in [0.1, 0.15) is 13.2 Å². The molecule has 0 bridgehead atoms. The minimum Gasteiger partial charge on any atom is -0.448 e. The monoisotopic (exact) mass is 420 g/mol. The van der Waals surface area contributed by atoms with Crippen LogP contribution < -0.4 is 5.32 Å². The van der Waals surface area contributed by atoms with Crippen LogP contribution in [-0.2, 0) is 20.4 Å². The normalized spacial score (nSPS) is 13.8. The molecule has 0 fully saturated rings. The number of fused-ring (bicyclic) bond motifs is 3. The summed E-state index contributed by atoms with van der Waals surface area (Å²) in [7, 11) is -2.07. The maximum atomic E-state index is 12.3. The number of nitrogens with one attached hydrogen (secondary N) is 1. The van der Waals surface area contributed by atoms with E-state index in [0.29, 0.717) is 0 Å². The van der Waals surface area contributed by atoms with Gasteiger partial charge in [-0.3, -0.25) is 5.32 Å². The number of hydrogen-bond donors (Lipinski definition) is 1. The van der Waals surface area contributed by atoms with Crippen LogP contribution in [0.15, 0.2) is 78.9 Å². The van der Waals surface area contributed by atoms with Crippen molar-refractivity contribution in [3.05, 3.63) is 95.6 Å². The highest BCUT2D eigenvalue weighted by molar-refractivity contribution is 7.39. The molecule has 3 aromatic rings. The molecule has 1 N–H and O–H groups in total. The van der Waals surface area contributed by atoms with Gasteiger partial charge in [-0.15, -0.1) is 4.52 Å². The number of benzene rings is 3. The Morgan fingerprint density at radius 1 is 0.933 bits per heavy atom. The van der Waals surface area contributed by atoms with Crippen LogP contribution in [0.3, 0.4) is 0 Å². The molecule has 1 aliphatic carbocycles. The van der Waals surface area contributed by atoms with Crippen LogP contribution in [0.25, 0.3) is 11.1 Å². The molecule has 0 radical (unpaired) electrons. The zero-order valence-corrected chi connectivity index (χ0v) is 17.5. The van der Waals surface area contributed by atoms with Gasteiger partial charge in [0.2, 0.25) is 0 Å². The molecule has 3 aromatic carbocycles. The number of hydrogen-bond acceptors (Lipinski definition) is 4. The SMILES string of the molecule is CC(NC(=O)OCC1c2ccccc2-c2ccccc21)[P+](=O)OCc1ccccc1. The summed E-state index contributed by atoms with van der Waals surface area (Å²) in [6, 6.07) is 25.8. The van der Waals surface area contributed by atoms with E-state index in [9.17, 15) is 9.36 Å². The van der Waals surface area contributed by atoms with Crippen molar-refractivity contribution in [3.63, 3.8) is 0 Å². The third kappa shape index (κ3) is 4.43. The number of ether oxygens (including phenoxy) is 1. The van der Waals surface area contributed by atoms with Crippen molar-refractivity contribution in [1.82, 2.24) is 5.32 Å². The molecule has 0 aliphatic heterocycles. The molecular weight excluding hydrogens is 397 g/mol. The third-order valence-corrected chi connectivity index (χ3v) is 6.33. The Bertz CT molecular complexity index is 1010. The van der Waals surface area contributed by atoms with Gasteiger partial charge in [0.25, 0.3) is 5.78 Å². The van der Waals surface area contributed by atoms with Crippen LogP contribution in [0.4, 0.5) is 4.79 Å². The molecule has 1 amide bonds. The highest BCUT2D eigenvalue weighted by Gasteiger charge is 2.32. The molecule has 0 aromatic heterocycles. The summed E-state index contributed by atoms with van der Waals surface area (Å²) in [4.78, 5) is 12.3. The lowest BCUT2D eigenvalue weighted by Crippen LogP contribution is -2.32. The Balaban J connectivity index is 1.32. The molecule has 30 heavy (non-hydrogen) atoms. The molecular formula is C24H23NO4P+. The molecule has 0 saturated heterocycles. The van der Waals surface area contributed by atoms with Crippen molar-refractivity contribution in [2.45, 2.75) is 25.2 Å². The van der Waals surface area contributed by atoms with Crippen molar-refractivity contribution in [1.29, 1.82) is 0 Å². The van der Waals surface area contributed by atoms with E-state index in [4.69, 9.17) is 9.26 Å². The lowest BCUT2D eigenvalue weighted by molar-refractivity contribution is 0.141. The van der Waals surface area contributed by atoms with Crippen LogP contribution >= 0.6 is 8.03 Å². The number of carbonyl (C=O) groups excluding carboxylic acids is 1. The molecule has 1 aliphatic rings. The summed E-state index contributed by atoms with van der Waals surface area (Å²) in [5, 5.41) is 2.62. The molecule has 0 heterocycles. The van der Waals surface area contributed by atoms with E-state index in [1.165, 1.54) is 11.1 Å². The summed E-state index contributed by atoms with van der Waals surface area (Å²) in [6.07, 6.45) is -0.601. The van der Waals surface area contributed by atoms with Crippen LogP contribution in [0.1, 0.15) is 29.5 Å². The van der Waals surface area contributed by atoms with Crippen LogP contribution in [-0.4, -0.2) is 18.5 Å². The Hall–Kier alpha value is -3.01. The van der Waals surface area contributed by atoms with Crippen molar-refractivity contribution < 1.29 is 18.6 Å². The van der Waals surface area contributed by atoms with Crippen LogP contribution in [0.2, 0.25) is 0 Å². The fourth-order valence-electron chi connectivity index (χ4n) is 3.69. The average Bonchev–Trinajstić information content (AvgIpc) is 3.10. The van der Waals surface area contributed by atoms with E-state index in [1.807, 2.05) is 54.6 Å². The second-order valence-electron chi connectivity index (χ2n) is 7.19. The second kappa shape index (κ2) is 9.21. The Morgan fingerprint density at radius 2 is 1.50 bits per heavy atom. The molecule has 5 nitrogen and oxygen atoms in total. The third-order valence-electron chi connectivity index (χ3n) is 5.19. The topological polar surface area (TPSA) is 64.6 Å². The van der Waals surface area contributed by atoms with Gasteiger partial charge in [-0.1, -0.05) is 78.9 Å². The first kappa shape index (κ1) is 20.3. The van der Waals surface area contributed by atoms with Gasteiger partial charge in [-0.25, -0.2) is 4.79 Å². The Kier molecular flexibility index (Phi) is 6.22. The van der Waals surface area contributed by atoms with Gasteiger partial charge in [-0.05, 0) is 32.4 Å². The lowest BCUT2D eigenvalue weighted by Gasteiger charge is -2.14. The summed E-state index contributed by atoms with van der Waals surface area (Å²) in [5.41, 5.74) is 5.57. The van der Waals surface area contributed by atoms with Crippen LogP contribution in [0.5, 0.6) is 0 Å². The Morgan fingerprint density at radius 3 is 2.13 bits per heavy atom. The molecule has 2 unspecified atom stereocenters. The van der Waals surface area contributed by atoms with Gasteiger partial charge in [0, 0.05) is 12.8 Å². The van der Waals surface area contributed by atoms with E-state index in [2.05, 4.69) is 29.6 Å². The summed E-state index contributed by atoms with van der Waals surface area (Å²) >= 11 is 0. The zero-order chi connectivity index (χ0) is 20.9. The number of alkyl carbamates (subject to hydrolysis) is 1. The molecule has 2 atom stereocenters. The number of carbonyl (C=O) groups is 1. The highest BCUT2D eigenvalue weighted by atomic mass is 31.1. The first-order valence-electron chi connectivity index (χ1n) is 9.88. The molecule has 152 valence electrons. The minimum absolute atomic E-state index is 0.0125. The molecule has 6 heteroatoms. The standard InChI is InChI=1S/C24H22NO4P/c1-17(30(27)29-15-18-9-3-2-4-10-18)25-24(26)28-16-23-21-13-7-5-11-19(21)20-12-6-8-14-22(20)23/h2-14,17,23H,15-16H2,1H3/p+1. The predicted molar refractivity (Wildman–Crippen MR) is 117 cm³/mol. The lowest BCUT2D eigenvalue weighted by atomic mass is 9.98. The Labute approximate surface area is 176 Å². The fourth-order valence-corrected chi connectivity index (χ4v) is 4.40. The van der Waals surface area contributed by atoms with Crippen molar-refractivity contribution in [2.24, 2.45) is 0 Å². The number of rotatable bonds is 7. The molecule has 0 spiro atoms. The fraction of sp³-hybridized carbons (Fsp3) is 0.208. The van der Waals surface area contributed by atoms with Crippen molar-refractivity contribution in [3.8, 4) is 11.1 Å². The maximum absolute atomic E-state index is 12.3. The van der Waals surface area contributed by atoms with Gasteiger partial charge in [-0.2, -0.15) is 0 Å². The molecule has 0 saturated carbocycles. The zero-order valence-electron chi connectivity index (χ0n) is 16.7. The van der Waals surface area contributed by atoms with E-state index in [-0.39, 0.29) is 19.1 Å². The van der Waals surface area contributed by atoms with Gasteiger partial charge < -0.3 is 4.74 Å². The van der Waals surface area contributed by atoms with E-state index >= 15 is 0 Å². The first-order valence-corrected chi connectivity index (χ1v) is 11.1. The highest BCUT2D eigenvalue weighted by Crippen LogP contribution is 2.44. The van der Waals surface area contributed by atoms with Gasteiger partial charge in [0.05, 0.1) is 0 Å². The van der Waals surface area contributed by atoms with Crippen LogP contribution in [0, 0.1) is 0 Å². The van der Waals surface area contributed by atoms with Crippen molar-refractivity contribution in [2.75, 3.05) is 6.61 Å². The smallest absolute Gasteiger partial charge is 0.448 e. The quantitative estimate of drug-likeness (QED) is 0.489. The first-order chi connectivity index (χ1) is 14.6. The minimum atomic E-state index is -2.07. The largest absolute Gasteiger partial charge is 0.533 e. The molecule has 4 rings (SSSR count). The predicted octanol–water partition coefficient (Wildman–Crippen LogP) is 5.83. The van der Waals surface area contributed by atoms with E-state index in [1.54, 1.807) is 6.92 Å². The van der Waals surface area contributed by atoms with Gasteiger partial charge in [0.15, 0.2) is 0 Å². The summed E-state index contributed by atoms with van der Waals surface area (Å²) in [6.45, 7) is 2.09. The number of amides is 1. The van der Waals surface area contributed by atoms with Gasteiger partial charge >= 0.3 is 14.1 Å². The van der Waals surface area contributed by atoms with Crippen molar-refractivity contribution >= 4 is 14.1 Å².